The molecular weight excluding hydrogens is 347 g/mol. The third-order valence-corrected chi connectivity index (χ3v) is 4.72. The van der Waals surface area contributed by atoms with Gasteiger partial charge in [-0.3, -0.25) is 4.79 Å². The number of carbonyl (C=O) groups excluding carboxylic acids is 1. The van der Waals surface area contributed by atoms with Crippen molar-refractivity contribution in [2.45, 2.75) is 13.1 Å². The molecule has 0 N–H and O–H groups in total. The first-order chi connectivity index (χ1) is 13.2. The van der Waals surface area contributed by atoms with E-state index in [0.717, 1.165) is 11.3 Å². The lowest BCUT2D eigenvalue weighted by Crippen LogP contribution is -2.38. The topological polar surface area (TPSA) is 68.3 Å². The van der Waals surface area contributed by atoms with Crippen LogP contribution < -0.4 is 0 Å². The zero-order valence-corrected chi connectivity index (χ0v) is 14.3. The van der Waals surface area contributed by atoms with E-state index in [9.17, 15) is 9.18 Å². The number of carbonyl (C=O) groups is 1. The van der Waals surface area contributed by atoms with Crippen LogP contribution in [0.5, 0.6) is 0 Å². The summed E-state index contributed by atoms with van der Waals surface area (Å²) in [7, 11) is 0. The summed E-state index contributed by atoms with van der Waals surface area (Å²) in [5.41, 5.74) is 2.05. The monoisotopic (exact) mass is 362 g/mol. The van der Waals surface area contributed by atoms with Crippen molar-refractivity contribution in [3.05, 3.63) is 72.1 Å². The Kier molecular flexibility index (Phi) is 3.49. The Labute approximate surface area is 153 Å². The van der Waals surface area contributed by atoms with Crippen LogP contribution in [0.4, 0.5) is 4.39 Å². The molecule has 0 atom stereocenters. The van der Waals surface area contributed by atoms with E-state index in [2.05, 4.69) is 15.2 Å². The van der Waals surface area contributed by atoms with Crippen LogP contribution in [0.25, 0.3) is 17.2 Å². The van der Waals surface area contributed by atoms with E-state index in [-0.39, 0.29) is 11.7 Å². The van der Waals surface area contributed by atoms with Crippen molar-refractivity contribution in [2.75, 3.05) is 6.54 Å². The summed E-state index contributed by atoms with van der Waals surface area (Å²) in [6.45, 7) is 1.47. The lowest BCUT2D eigenvalue weighted by Gasteiger charge is -2.27. The number of aromatic nitrogens is 5. The molecule has 1 aliphatic rings. The second kappa shape index (κ2) is 6.01. The number of benzene rings is 1. The van der Waals surface area contributed by atoms with Crippen LogP contribution in [0.2, 0.25) is 0 Å². The maximum absolute atomic E-state index is 13.1. The second-order valence-electron chi connectivity index (χ2n) is 6.42. The molecule has 0 spiro atoms. The summed E-state index contributed by atoms with van der Waals surface area (Å²) in [4.78, 5) is 18.9. The van der Waals surface area contributed by atoms with Gasteiger partial charge in [-0.1, -0.05) is 6.07 Å². The predicted molar refractivity (Wildman–Crippen MR) is 95.3 cm³/mol. The quantitative estimate of drug-likeness (QED) is 0.549. The summed E-state index contributed by atoms with van der Waals surface area (Å²) in [5.74, 6) is 0.909. The van der Waals surface area contributed by atoms with Crippen molar-refractivity contribution in [2.24, 2.45) is 0 Å². The van der Waals surface area contributed by atoms with Crippen molar-refractivity contribution < 1.29 is 9.18 Å². The molecule has 1 aliphatic heterocycles. The van der Waals surface area contributed by atoms with Gasteiger partial charge >= 0.3 is 0 Å². The SMILES string of the molecule is O=C(c1ccc(F)cc1)N1CCn2c(nnc2-c2cn3ccccc3n2)C1. The smallest absolute Gasteiger partial charge is 0.254 e. The third-order valence-electron chi connectivity index (χ3n) is 4.72. The average Bonchev–Trinajstić information content (AvgIpc) is 3.31. The van der Waals surface area contributed by atoms with E-state index < -0.39 is 0 Å². The Bertz CT molecular complexity index is 1110. The highest BCUT2D eigenvalue weighted by Crippen LogP contribution is 2.22. The van der Waals surface area contributed by atoms with Gasteiger partial charge in [-0.15, -0.1) is 10.2 Å². The molecule has 1 aromatic carbocycles. The minimum atomic E-state index is -0.359. The van der Waals surface area contributed by atoms with Crippen LogP contribution in [-0.4, -0.2) is 41.5 Å². The molecule has 7 nitrogen and oxygen atoms in total. The molecule has 4 aromatic rings. The van der Waals surface area contributed by atoms with E-state index in [1.54, 1.807) is 4.90 Å². The number of imidazole rings is 1. The van der Waals surface area contributed by atoms with E-state index >= 15 is 0 Å². The molecule has 27 heavy (non-hydrogen) atoms. The zero-order chi connectivity index (χ0) is 18.4. The van der Waals surface area contributed by atoms with E-state index in [1.165, 1.54) is 24.3 Å². The number of nitrogens with zero attached hydrogens (tertiary/aromatic N) is 6. The molecule has 1 amide bonds. The third kappa shape index (κ3) is 2.66. The van der Waals surface area contributed by atoms with Crippen molar-refractivity contribution in [3.8, 4) is 11.5 Å². The molecule has 0 unspecified atom stereocenters. The number of rotatable bonds is 2. The van der Waals surface area contributed by atoms with E-state index in [4.69, 9.17) is 0 Å². The largest absolute Gasteiger partial charge is 0.329 e. The minimum Gasteiger partial charge on any atom is -0.329 e. The van der Waals surface area contributed by atoms with Gasteiger partial charge in [0.15, 0.2) is 11.6 Å². The van der Waals surface area contributed by atoms with Crippen molar-refractivity contribution in [1.82, 2.24) is 29.0 Å². The Morgan fingerprint density at radius 1 is 1.04 bits per heavy atom. The van der Waals surface area contributed by atoms with Crippen LogP contribution in [0.15, 0.2) is 54.9 Å². The average molecular weight is 362 g/mol. The first kappa shape index (κ1) is 15.7. The second-order valence-corrected chi connectivity index (χ2v) is 6.42. The molecule has 0 aliphatic carbocycles. The fourth-order valence-corrected chi connectivity index (χ4v) is 3.34. The molecule has 3 aromatic heterocycles. The summed E-state index contributed by atoms with van der Waals surface area (Å²) in [6.07, 6.45) is 3.85. The molecule has 134 valence electrons. The maximum Gasteiger partial charge on any atom is 0.254 e. The number of amides is 1. The van der Waals surface area contributed by atoms with E-state index in [0.29, 0.717) is 36.8 Å². The Morgan fingerprint density at radius 2 is 1.89 bits per heavy atom. The van der Waals surface area contributed by atoms with Crippen molar-refractivity contribution >= 4 is 11.6 Å². The number of hydrogen-bond acceptors (Lipinski definition) is 4. The Balaban J connectivity index is 1.43. The van der Waals surface area contributed by atoms with Gasteiger partial charge in [0.25, 0.3) is 5.91 Å². The minimum absolute atomic E-state index is 0.140. The fraction of sp³-hybridized carbons (Fsp3) is 0.158. The normalized spacial score (nSPS) is 13.7. The molecule has 4 heterocycles. The summed E-state index contributed by atoms with van der Waals surface area (Å²) < 4.78 is 17.0. The molecule has 0 radical (unpaired) electrons. The first-order valence-electron chi connectivity index (χ1n) is 8.60. The molecule has 0 saturated carbocycles. The summed E-state index contributed by atoms with van der Waals surface area (Å²) in [6, 6.07) is 11.4. The molecule has 0 bridgehead atoms. The molecule has 8 heteroatoms. The van der Waals surface area contributed by atoms with Crippen LogP contribution in [0.3, 0.4) is 0 Å². The highest BCUT2D eigenvalue weighted by Gasteiger charge is 2.26. The number of hydrogen-bond donors (Lipinski definition) is 0. The molecular formula is C19H15FN6O. The highest BCUT2D eigenvalue weighted by atomic mass is 19.1. The van der Waals surface area contributed by atoms with Crippen LogP contribution in [0, 0.1) is 5.82 Å². The molecule has 5 rings (SSSR count). The lowest BCUT2D eigenvalue weighted by atomic mass is 10.2. The number of fused-ring (bicyclic) bond motifs is 2. The van der Waals surface area contributed by atoms with Crippen molar-refractivity contribution in [1.29, 1.82) is 0 Å². The van der Waals surface area contributed by atoms with Gasteiger partial charge in [-0.2, -0.15) is 0 Å². The van der Waals surface area contributed by atoms with Crippen LogP contribution in [-0.2, 0) is 13.1 Å². The lowest BCUT2D eigenvalue weighted by molar-refractivity contribution is 0.0708. The van der Waals surface area contributed by atoms with Crippen LogP contribution >= 0.6 is 0 Å². The maximum atomic E-state index is 13.1. The summed E-state index contributed by atoms with van der Waals surface area (Å²) in [5, 5.41) is 8.54. The predicted octanol–water partition coefficient (Wildman–Crippen LogP) is 2.39. The van der Waals surface area contributed by atoms with Gasteiger partial charge in [-0.25, -0.2) is 9.37 Å². The van der Waals surface area contributed by atoms with Gasteiger partial charge < -0.3 is 13.9 Å². The zero-order valence-electron chi connectivity index (χ0n) is 14.3. The Morgan fingerprint density at radius 3 is 2.70 bits per heavy atom. The first-order valence-corrected chi connectivity index (χ1v) is 8.60. The summed E-state index contributed by atoms with van der Waals surface area (Å²) >= 11 is 0. The van der Waals surface area contributed by atoms with Gasteiger partial charge in [0.1, 0.15) is 17.2 Å². The standard InChI is InChI=1S/C19H15FN6O/c20-14-6-4-13(5-7-14)19(27)25-9-10-26-17(12-25)22-23-18(26)15-11-24-8-2-1-3-16(24)21-15/h1-8,11H,9-10,12H2. The van der Waals surface area contributed by atoms with Crippen molar-refractivity contribution in [3.63, 3.8) is 0 Å². The highest BCUT2D eigenvalue weighted by molar-refractivity contribution is 5.94. The fourth-order valence-electron chi connectivity index (χ4n) is 3.34. The van der Waals surface area contributed by atoms with Gasteiger partial charge in [0.2, 0.25) is 0 Å². The molecule has 0 saturated heterocycles. The van der Waals surface area contributed by atoms with Gasteiger partial charge in [0.05, 0.1) is 6.54 Å². The number of pyridine rings is 1. The molecule has 0 fully saturated rings. The number of halogens is 1. The van der Waals surface area contributed by atoms with Crippen LogP contribution in [0.1, 0.15) is 16.2 Å². The van der Waals surface area contributed by atoms with Gasteiger partial charge in [-0.05, 0) is 36.4 Å². The van der Waals surface area contributed by atoms with Gasteiger partial charge in [0, 0.05) is 31.0 Å². The van der Waals surface area contributed by atoms with E-state index in [1.807, 2.05) is 39.6 Å². The Hall–Kier alpha value is -3.55.